The molecule has 98 valence electrons. The van der Waals surface area contributed by atoms with Gasteiger partial charge in [-0.2, -0.15) is 0 Å². The van der Waals surface area contributed by atoms with Crippen molar-refractivity contribution < 1.29 is 18.7 Å². The smallest absolute Gasteiger partial charge is 0.311 e. The van der Waals surface area contributed by atoms with Gasteiger partial charge < -0.3 is 13.9 Å². The molecular weight excluding hydrogens is 236 g/mol. The van der Waals surface area contributed by atoms with Crippen LogP contribution in [-0.2, 0) is 18.7 Å². The largest absolute Gasteiger partial charge is 0.547 e. The number of carbonyl (C=O) groups excluding carboxylic acids is 1. The Labute approximate surface area is 104 Å². The first-order valence-corrected chi connectivity index (χ1v) is 9.28. The van der Waals surface area contributed by atoms with Crippen LogP contribution in [0.3, 0.4) is 0 Å². The molecule has 0 amide bonds. The van der Waals surface area contributed by atoms with E-state index in [9.17, 15) is 4.79 Å². The second kappa shape index (κ2) is 5.69. The molecule has 5 heteroatoms. The zero-order valence-electron chi connectivity index (χ0n) is 11.3. The molecular formula is C12H22O4Si. The lowest BCUT2D eigenvalue weighted by Crippen LogP contribution is -2.34. The maximum atomic E-state index is 11.6. The molecule has 2 atom stereocenters. The van der Waals surface area contributed by atoms with Gasteiger partial charge in [0.25, 0.3) is 0 Å². The van der Waals surface area contributed by atoms with E-state index in [0.717, 1.165) is 18.6 Å². The monoisotopic (exact) mass is 258 g/mol. The fourth-order valence-corrected chi connectivity index (χ4v) is 2.92. The molecule has 0 spiro atoms. The molecule has 0 aromatic heterocycles. The lowest BCUT2D eigenvalue weighted by Gasteiger charge is -2.30. The van der Waals surface area contributed by atoms with Crippen molar-refractivity contribution in [1.82, 2.24) is 0 Å². The summed E-state index contributed by atoms with van der Waals surface area (Å²) in [5.74, 6) is 0.537. The summed E-state index contributed by atoms with van der Waals surface area (Å²) in [4.78, 5) is 11.6. The average molecular weight is 258 g/mol. The number of hydrogen-bond donors (Lipinski definition) is 0. The quantitative estimate of drug-likeness (QED) is 0.573. The summed E-state index contributed by atoms with van der Waals surface area (Å²) in [5.41, 5.74) is 0. The van der Waals surface area contributed by atoms with Crippen LogP contribution >= 0.6 is 0 Å². The molecule has 1 aliphatic rings. The maximum absolute atomic E-state index is 11.6. The highest BCUT2D eigenvalue weighted by atomic mass is 28.4. The van der Waals surface area contributed by atoms with Gasteiger partial charge in [0.05, 0.1) is 24.9 Å². The van der Waals surface area contributed by atoms with Crippen LogP contribution in [0.4, 0.5) is 0 Å². The van der Waals surface area contributed by atoms with Crippen molar-refractivity contribution in [2.24, 2.45) is 5.92 Å². The van der Waals surface area contributed by atoms with Gasteiger partial charge in [0.15, 0.2) is 0 Å². The van der Waals surface area contributed by atoms with Crippen LogP contribution in [-0.4, -0.2) is 34.6 Å². The fourth-order valence-electron chi connectivity index (χ4n) is 1.96. The minimum Gasteiger partial charge on any atom is -0.547 e. The summed E-state index contributed by atoms with van der Waals surface area (Å²) >= 11 is 0. The maximum Gasteiger partial charge on any atom is 0.311 e. The Hall–Kier alpha value is -0.813. The van der Waals surface area contributed by atoms with Crippen LogP contribution in [0.15, 0.2) is 11.8 Å². The number of carbonyl (C=O) groups is 1. The van der Waals surface area contributed by atoms with Crippen molar-refractivity contribution in [1.29, 1.82) is 0 Å². The van der Waals surface area contributed by atoms with Gasteiger partial charge in [0.1, 0.15) is 0 Å². The van der Waals surface area contributed by atoms with Crippen LogP contribution in [0.1, 0.15) is 12.8 Å². The van der Waals surface area contributed by atoms with Crippen LogP contribution in [0.25, 0.3) is 0 Å². The molecule has 0 fully saturated rings. The number of allylic oxidation sites excluding steroid dienone is 1. The van der Waals surface area contributed by atoms with Crippen LogP contribution in [0.5, 0.6) is 0 Å². The van der Waals surface area contributed by atoms with Crippen molar-refractivity contribution in [2.75, 3.05) is 14.2 Å². The van der Waals surface area contributed by atoms with Crippen molar-refractivity contribution in [2.45, 2.75) is 38.6 Å². The predicted octanol–water partition coefficient (Wildman–Crippen LogP) is 2.32. The lowest BCUT2D eigenvalue weighted by atomic mass is 9.90. The Balaban J connectivity index is 2.75. The highest BCUT2D eigenvalue weighted by Gasteiger charge is 2.33. The number of ether oxygens (including phenoxy) is 2. The van der Waals surface area contributed by atoms with Gasteiger partial charge in [0, 0.05) is 13.5 Å². The van der Waals surface area contributed by atoms with Gasteiger partial charge in [0.2, 0.25) is 8.32 Å². The van der Waals surface area contributed by atoms with E-state index in [4.69, 9.17) is 13.9 Å². The molecule has 4 nitrogen and oxygen atoms in total. The Morgan fingerprint density at radius 2 is 2.00 bits per heavy atom. The summed E-state index contributed by atoms with van der Waals surface area (Å²) in [6, 6.07) is 0. The Kier molecular flexibility index (Phi) is 4.77. The van der Waals surface area contributed by atoms with Gasteiger partial charge in [-0.15, -0.1) is 0 Å². The average Bonchev–Trinajstić information content (AvgIpc) is 2.25. The summed E-state index contributed by atoms with van der Waals surface area (Å²) < 4.78 is 16.0. The zero-order chi connectivity index (χ0) is 13.1. The minimum atomic E-state index is -1.58. The molecule has 1 aliphatic carbocycles. The molecule has 17 heavy (non-hydrogen) atoms. The van der Waals surface area contributed by atoms with Gasteiger partial charge >= 0.3 is 5.97 Å². The Bertz CT molecular complexity index is 306. The number of hydrogen-bond acceptors (Lipinski definition) is 4. The fraction of sp³-hybridized carbons (Fsp3) is 0.750. The SMILES string of the molecule is COC(=O)[C@@H]1CCC(O[Si](C)(C)C)=C[C@@H]1OC. The van der Waals surface area contributed by atoms with E-state index >= 15 is 0 Å². The summed E-state index contributed by atoms with van der Waals surface area (Å²) in [6.07, 6.45) is 3.19. The van der Waals surface area contributed by atoms with E-state index in [2.05, 4.69) is 19.6 Å². The molecule has 0 saturated carbocycles. The Morgan fingerprint density at radius 1 is 1.35 bits per heavy atom. The van der Waals surface area contributed by atoms with Gasteiger partial charge in [-0.05, 0) is 32.1 Å². The predicted molar refractivity (Wildman–Crippen MR) is 68.1 cm³/mol. The standard InChI is InChI=1S/C12H22O4Si/c1-14-11-8-9(16-17(3,4)5)6-7-10(11)12(13)15-2/h8,10-11H,6-7H2,1-5H3/t10-,11+/m1/s1. The van der Waals surface area contributed by atoms with Crippen molar-refractivity contribution in [3.05, 3.63) is 11.8 Å². The first-order chi connectivity index (χ1) is 7.87. The highest BCUT2D eigenvalue weighted by molar-refractivity contribution is 6.70. The molecule has 0 unspecified atom stereocenters. The summed E-state index contributed by atoms with van der Waals surface area (Å²) in [7, 11) is 1.43. The summed E-state index contributed by atoms with van der Waals surface area (Å²) in [5, 5.41) is 0. The van der Waals surface area contributed by atoms with Crippen LogP contribution < -0.4 is 0 Å². The van der Waals surface area contributed by atoms with E-state index in [-0.39, 0.29) is 18.0 Å². The normalized spacial score (nSPS) is 25.1. The molecule has 0 aliphatic heterocycles. The first-order valence-electron chi connectivity index (χ1n) is 5.87. The number of esters is 1. The second-order valence-corrected chi connectivity index (χ2v) is 9.64. The van der Waals surface area contributed by atoms with Crippen molar-refractivity contribution in [3.8, 4) is 0 Å². The van der Waals surface area contributed by atoms with Crippen molar-refractivity contribution in [3.63, 3.8) is 0 Å². The first kappa shape index (κ1) is 14.2. The van der Waals surface area contributed by atoms with Gasteiger partial charge in [-0.25, -0.2) is 0 Å². The van der Waals surface area contributed by atoms with E-state index in [1.165, 1.54) is 7.11 Å². The van der Waals surface area contributed by atoms with E-state index in [0.29, 0.717) is 0 Å². The molecule has 0 bridgehead atoms. The topological polar surface area (TPSA) is 44.8 Å². The third-order valence-corrected chi connectivity index (χ3v) is 3.54. The van der Waals surface area contributed by atoms with Crippen LogP contribution in [0.2, 0.25) is 19.6 Å². The van der Waals surface area contributed by atoms with Crippen molar-refractivity contribution >= 4 is 14.3 Å². The van der Waals surface area contributed by atoms with Crippen LogP contribution in [0, 0.1) is 5.92 Å². The molecule has 0 radical (unpaired) electrons. The minimum absolute atomic E-state index is 0.208. The molecule has 0 aromatic carbocycles. The lowest BCUT2D eigenvalue weighted by molar-refractivity contribution is -0.149. The highest BCUT2D eigenvalue weighted by Crippen LogP contribution is 2.29. The molecule has 0 heterocycles. The van der Waals surface area contributed by atoms with E-state index < -0.39 is 8.32 Å². The van der Waals surface area contributed by atoms with E-state index in [1.54, 1.807) is 7.11 Å². The summed E-state index contributed by atoms with van der Waals surface area (Å²) in [6.45, 7) is 6.42. The molecule has 1 rings (SSSR count). The Morgan fingerprint density at radius 3 is 2.47 bits per heavy atom. The van der Waals surface area contributed by atoms with Gasteiger partial charge in [-0.1, -0.05) is 0 Å². The number of rotatable bonds is 4. The van der Waals surface area contributed by atoms with Gasteiger partial charge in [-0.3, -0.25) is 4.79 Å². The third-order valence-electron chi connectivity index (χ3n) is 2.66. The zero-order valence-corrected chi connectivity index (χ0v) is 12.3. The second-order valence-electron chi connectivity index (χ2n) is 5.22. The molecule has 0 saturated heterocycles. The number of methoxy groups -OCH3 is 2. The van der Waals surface area contributed by atoms with E-state index in [1.807, 2.05) is 6.08 Å². The molecule has 0 N–H and O–H groups in total. The third kappa shape index (κ3) is 4.16. The molecule has 0 aromatic rings.